The second-order valence-corrected chi connectivity index (χ2v) is 3.96. The summed E-state index contributed by atoms with van der Waals surface area (Å²) in [6, 6.07) is 1.63. The zero-order valence-electron chi connectivity index (χ0n) is 8.75. The largest absolute Gasteiger partial charge is 0.416 e. The molecule has 1 aromatic carbocycles. The Morgan fingerprint density at radius 2 is 1.76 bits per heavy atom. The summed E-state index contributed by atoms with van der Waals surface area (Å²) in [7, 11) is 1.70. The molecule has 0 aromatic heterocycles. The number of rotatable bonds is 1. The van der Waals surface area contributed by atoms with Gasteiger partial charge in [-0.15, -0.1) is 0 Å². The predicted octanol–water partition coefficient (Wildman–Crippen LogP) is 3.58. The van der Waals surface area contributed by atoms with E-state index in [1.807, 2.05) is 0 Å². The number of benzene rings is 1. The van der Waals surface area contributed by atoms with E-state index in [1.165, 1.54) is 0 Å². The van der Waals surface area contributed by atoms with Gasteiger partial charge in [-0.05, 0) is 19.2 Å². The third-order valence-corrected chi connectivity index (χ3v) is 2.44. The first kappa shape index (κ1) is 14.2. The van der Waals surface area contributed by atoms with Crippen molar-refractivity contribution in [3.8, 4) is 11.8 Å². The van der Waals surface area contributed by atoms with Gasteiger partial charge in [-0.2, -0.15) is 13.2 Å². The Bertz CT molecular complexity index is 449. The Morgan fingerprint density at radius 1 is 1.24 bits per heavy atom. The van der Waals surface area contributed by atoms with Crippen LogP contribution in [0.5, 0.6) is 0 Å². The molecule has 1 rings (SSSR count). The van der Waals surface area contributed by atoms with E-state index in [4.69, 9.17) is 23.2 Å². The molecular weight excluding hydrogens is 274 g/mol. The molecule has 0 aliphatic heterocycles. The Hall–Kier alpha value is -0.890. The normalized spacial score (nSPS) is 10.9. The van der Waals surface area contributed by atoms with Crippen molar-refractivity contribution < 1.29 is 13.2 Å². The molecule has 0 fully saturated rings. The van der Waals surface area contributed by atoms with Gasteiger partial charge in [0.1, 0.15) is 0 Å². The minimum atomic E-state index is -4.47. The molecule has 0 saturated carbocycles. The molecule has 0 aliphatic carbocycles. The number of nitrogens with one attached hydrogen (secondary N) is 1. The van der Waals surface area contributed by atoms with Crippen molar-refractivity contribution in [2.24, 2.45) is 0 Å². The standard InChI is InChI=1S/C11H8Cl2F3N/c1-17-4-2-3-8-9(12)5-7(6-10(8)13)11(14,15)16/h5-6,17H,4H2,1H3. The summed E-state index contributed by atoms with van der Waals surface area (Å²) < 4.78 is 37.3. The van der Waals surface area contributed by atoms with Crippen LogP contribution in [0.2, 0.25) is 10.0 Å². The molecule has 1 N–H and O–H groups in total. The molecule has 1 aromatic rings. The van der Waals surface area contributed by atoms with Crippen molar-refractivity contribution in [2.45, 2.75) is 6.18 Å². The summed E-state index contributed by atoms with van der Waals surface area (Å²) in [5.41, 5.74) is -0.678. The molecule has 0 aliphatic rings. The van der Waals surface area contributed by atoms with Crippen LogP contribution in [0.15, 0.2) is 12.1 Å². The van der Waals surface area contributed by atoms with Crippen LogP contribution in [-0.2, 0) is 6.18 Å². The van der Waals surface area contributed by atoms with Crippen molar-refractivity contribution in [1.82, 2.24) is 5.32 Å². The number of hydrogen-bond donors (Lipinski definition) is 1. The summed E-state index contributed by atoms with van der Waals surface area (Å²) in [5.74, 6) is 5.30. The van der Waals surface area contributed by atoms with Crippen LogP contribution in [-0.4, -0.2) is 13.6 Å². The van der Waals surface area contributed by atoms with E-state index in [1.54, 1.807) is 7.05 Å². The second kappa shape index (κ2) is 5.63. The van der Waals surface area contributed by atoms with Crippen LogP contribution in [0.3, 0.4) is 0 Å². The molecule has 0 bridgehead atoms. The van der Waals surface area contributed by atoms with Gasteiger partial charge in [0.05, 0.1) is 27.7 Å². The van der Waals surface area contributed by atoms with Gasteiger partial charge in [0.2, 0.25) is 0 Å². The first-order chi connectivity index (χ1) is 7.86. The van der Waals surface area contributed by atoms with Gasteiger partial charge >= 0.3 is 6.18 Å². The van der Waals surface area contributed by atoms with Gasteiger partial charge in [0.25, 0.3) is 0 Å². The molecule has 0 heterocycles. The van der Waals surface area contributed by atoms with E-state index in [9.17, 15) is 13.2 Å². The quantitative estimate of drug-likeness (QED) is 0.776. The van der Waals surface area contributed by atoms with E-state index in [2.05, 4.69) is 17.2 Å². The Balaban J connectivity index is 3.17. The van der Waals surface area contributed by atoms with E-state index in [0.29, 0.717) is 6.54 Å². The van der Waals surface area contributed by atoms with Gasteiger partial charge in [0, 0.05) is 0 Å². The summed E-state index contributed by atoms with van der Waals surface area (Å²) in [6.45, 7) is 0.397. The van der Waals surface area contributed by atoms with Gasteiger partial charge in [0.15, 0.2) is 0 Å². The van der Waals surface area contributed by atoms with Crippen molar-refractivity contribution in [1.29, 1.82) is 0 Å². The topological polar surface area (TPSA) is 12.0 Å². The fourth-order valence-corrected chi connectivity index (χ4v) is 1.66. The maximum Gasteiger partial charge on any atom is 0.416 e. The Labute approximate surface area is 107 Å². The highest BCUT2D eigenvalue weighted by molar-refractivity contribution is 6.36. The lowest BCUT2D eigenvalue weighted by molar-refractivity contribution is -0.137. The van der Waals surface area contributed by atoms with Gasteiger partial charge in [-0.1, -0.05) is 35.0 Å². The van der Waals surface area contributed by atoms with Crippen LogP contribution < -0.4 is 5.32 Å². The van der Waals surface area contributed by atoms with E-state index < -0.39 is 11.7 Å². The number of alkyl halides is 3. The summed E-state index contributed by atoms with van der Waals surface area (Å²) in [5, 5.41) is 2.57. The van der Waals surface area contributed by atoms with E-state index in [0.717, 1.165) is 12.1 Å². The summed E-state index contributed by atoms with van der Waals surface area (Å²) >= 11 is 11.4. The van der Waals surface area contributed by atoms with Crippen LogP contribution in [0.25, 0.3) is 0 Å². The molecule has 0 amide bonds. The highest BCUT2D eigenvalue weighted by Crippen LogP contribution is 2.35. The summed E-state index contributed by atoms with van der Waals surface area (Å²) in [6.07, 6.45) is -4.47. The van der Waals surface area contributed by atoms with Crippen molar-refractivity contribution >= 4 is 23.2 Å². The maximum atomic E-state index is 12.4. The Morgan fingerprint density at radius 3 is 2.18 bits per heavy atom. The van der Waals surface area contributed by atoms with Crippen LogP contribution in [0.4, 0.5) is 13.2 Å². The third-order valence-electron chi connectivity index (χ3n) is 1.85. The van der Waals surface area contributed by atoms with Crippen LogP contribution in [0.1, 0.15) is 11.1 Å². The monoisotopic (exact) mass is 281 g/mol. The lowest BCUT2D eigenvalue weighted by Gasteiger charge is -2.09. The van der Waals surface area contributed by atoms with Crippen LogP contribution in [0, 0.1) is 11.8 Å². The molecule has 92 valence electrons. The molecular formula is C11H8Cl2F3N. The lowest BCUT2D eigenvalue weighted by atomic mass is 10.1. The molecule has 0 radical (unpaired) electrons. The number of hydrogen-bond acceptors (Lipinski definition) is 1. The molecule has 1 nitrogen and oxygen atoms in total. The van der Waals surface area contributed by atoms with Crippen molar-refractivity contribution in [3.63, 3.8) is 0 Å². The molecule has 17 heavy (non-hydrogen) atoms. The average Bonchev–Trinajstić information content (AvgIpc) is 2.20. The predicted molar refractivity (Wildman–Crippen MR) is 62.3 cm³/mol. The molecule has 6 heteroatoms. The SMILES string of the molecule is CNCC#Cc1c(Cl)cc(C(F)(F)F)cc1Cl. The molecule has 0 saturated heterocycles. The number of halogens is 5. The van der Waals surface area contributed by atoms with Crippen LogP contribution >= 0.6 is 23.2 Å². The molecule has 0 spiro atoms. The van der Waals surface area contributed by atoms with Gasteiger partial charge in [-0.25, -0.2) is 0 Å². The highest BCUT2D eigenvalue weighted by atomic mass is 35.5. The maximum absolute atomic E-state index is 12.4. The molecule has 0 atom stereocenters. The van der Waals surface area contributed by atoms with E-state index in [-0.39, 0.29) is 15.6 Å². The third kappa shape index (κ3) is 3.81. The first-order valence-electron chi connectivity index (χ1n) is 4.56. The molecule has 0 unspecified atom stereocenters. The highest BCUT2D eigenvalue weighted by Gasteiger charge is 2.31. The first-order valence-corrected chi connectivity index (χ1v) is 5.31. The minimum absolute atomic E-state index is 0.103. The van der Waals surface area contributed by atoms with Crippen molar-refractivity contribution in [2.75, 3.05) is 13.6 Å². The fraction of sp³-hybridized carbons (Fsp3) is 0.273. The minimum Gasteiger partial charge on any atom is -0.309 e. The van der Waals surface area contributed by atoms with E-state index >= 15 is 0 Å². The van der Waals surface area contributed by atoms with Gasteiger partial charge < -0.3 is 5.32 Å². The average molecular weight is 282 g/mol. The zero-order valence-corrected chi connectivity index (χ0v) is 10.3. The smallest absolute Gasteiger partial charge is 0.309 e. The Kier molecular flexibility index (Phi) is 4.70. The second-order valence-electron chi connectivity index (χ2n) is 3.14. The summed E-state index contributed by atoms with van der Waals surface area (Å²) in [4.78, 5) is 0. The fourth-order valence-electron chi connectivity index (χ4n) is 1.08. The zero-order chi connectivity index (χ0) is 13.1. The van der Waals surface area contributed by atoms with Crippen molar-refractivity contribution in [3.05, 3.63) is 33.3 Å². The lowest BCUT2D eigenvalue weighted by Crippen LogP contribution is -2.06. The van der Waals surface area contributed by atoms with Gasteiger partial charge in [-0.3, -0.25) is 0 Å².